The van der Waals surface area contributed by atoms with E-state index in [9.17, 15) is 4.79 Å². The Morgan fingerprint density at radius 3 is 2.71 bits per heavy atom. The number of carbonyl (C=O) groups is 1. The number of ether oxygens (including phenoxy) is 2. The zero-order valence-corrected chi connectivity index (χ0v) is 14.8. The van der Waals surface area contributed by atoms with Gasteiger partial charge in [0.1, 0.15) is 13.2 Å². The lowest BCUT2D eigenvalue weighted by molar-refractivity contribution is -0.119. The molecular formula is C17H21N3O3S. The summed E-state index contributed by atoms with van der Waals surface area (Å²) in [6.07, 6.45) is 0. The molecule has 2 heterocycles. The van der Waals surface area contributed by atoms with Crippen molar-refractivity contribution in [3.8, 4) is 22.8 Å². The third kappa shape index (κ3) is 3.52. The van der Waals surface area contributed by atoms with E-state index in [1.54, 1.807) is 0 Å². The van der Waals surface area contributed by atoms with E-state index in [0.717, 1.165) is 17.0 Å². The van der Waals surface area contributed by atoms with Crippen LogP contribution in [-0.2, 0) is 4.79 Å². The summed E-state index contributed by atoms with van der Waals surface area (Å²) in [7, 11) is 0. The van der Waals surface area contributed by atoms with E-state index in [1.165, 1.54) is 11.3 Å². The van der Waals surface area contributed by atoms with Crippen LogP contribution in [0.15, 0.2) is 23.6 Å². The predicted octanol–water partition coefficient (Wildman–Crippen LogP) is 2.89. The monoisotopic (exact) mass is 347 g/mol. The molecule has 6 nitrogen and oxygen atoms in total. The van der Waals surface area contributed by atoms with Crippen LogP contribution in [-0.4, -0.2) is 30.1 Å². The van der Waals surface area contributed by atoms with Crippen molar-refractivity contribution < 1.29 is 14.3 Å². The molecule has 7 heteroatoms. The molecular weight excluding hydrogens is 326 g/mol. The summed E-state index contributed by atoms with van der Waals surface area (Å²) < 4.78 is 11.1. The third-order valence-electron chi connectivity index (χ3n) is 3.79. The zero-order valence-electron chi connectivity index (χ0n) is 14.0. The van der Waals surface area contributed by atoms with Crippen molar-refractivity contribution in [2.75, 3.05) is 18.5 Å². The van der Waals surface area contributed by atoms with Crippen LogP contribution >= 0.6 is 11.3 Å². The predicted molar refractivity (Wildman–Crippen MR) is 94.6 cm³/mol. The highest BCUT2D eigenvalue weighted by molar-refractivity contribution is 7.14. The first-order valence-corrected chi connectivity index (χ1v) is 8.64. The number of anilines is 1. The Hall–Kier alpha value is -2.12. The minimum absolute atomic E-state index is 0.231. The fraction of sp³-hybridized carbons (Fsp3) is 0.412. The topological polar surface area (TPSA) is 86.5 Å². The molecule has 1 aromatic carbocycles. The fourth-order valence-corrected chi connectivity index (χ4v) is 2.97. The maximum Gasteiger partial charge on any atom is 0.243 e. The van der Waals surface area contributed by atoms with E-state index in [1.807, 2.05) is 44.4 Å². The molecule has 0 bridgehead atoms. The Bertz CT molecular complexity index is 752. The smallest absolute Gasteiger partial charge is 0.243 e. The lowest BCUT2D eigenvalue weighted by atomic mass is 9.87. The molecule has 3 rings (SSSR count). The molecule has 0 radical (unpaired) electrons. The molecule has 1 amide bonds. The number of benzene rings is 1. The number of carbonyl (C=O) groups excluding carboxylic acids is 1. The van der Waals surface area contributed by atoms with Crippen LogP contribution in [0.3, 0.4) is 0 Å². The Labute approximate surface area is 145 Å². The second-order valence-electron chi connectivity index (χ2n) is 6.73. The highest BCUT2D eigenvalue weighted by Gasteiger charge is 2.28. The summed E-state index contributed by atoms with van der Waals surface area (Å²) >= 11 is 1.37. The third-order valence-corrected chi connectivity index (χ3v) is 4.55. The van der Waals surface area contributed by atoms with Gasteiger partial charge >= 0.3 is 0 Å². The first kappa shape index (κ1) is 16.7. The molecule has 1 aliphatic rings. The van der Waals surface area contributed by atoms with Gasteiger partial charge in [-0.2, -0.15) is 0 Å². The van der Waals surface area contributed by atoms with E-state index >= 15 is 0 Å². The van der Waals surface area contributed by atoms with E-state index in [0.29, 0.717) is 24.1 Å². The molecule has 1 atom stereocenters. The Balaban J connectivity index is 1.75. The van der Waals surface area contributed by atoms with Gasteiger partial charge < -0.3 is 20.5 Å². The van der Waals surface area contributed by atoms with Crippen molar-refractivity contribution in [3.05, 3.63) is 23.6 Å². The summed E-state index contributed by atoms with van der Waals surface area (Å²) in [6.45, 7) is 6.89. The number of rotatable bonds is 3. The second-order valence-corrected chi connectivity index (χ2v) is 7.59. The van der Waals surface area contributed by atoms with Crippen LogP contribution in [0.5, 0.6) is 11.5 Å². The lowest BCUT2D eigenvalue weighted by Crippen LogP contribution is -2.45. The van der Waals surface area contributed by atoms with Gasteiger partial charge in [-0.3, -0.25) is 4.79 Å². The fourth-order valence-electron chi connectivity index (χ4n) is 2.24. The maximum absolute atomic E-state index is 12.2. The number of aromatic nitrogens is 1. The van der Waals surface area contributed by atoms with Gasteiger partial charge in [-0.25, -0.2) is 4.98 Å². The van der Waals surface area contributed by atoms with E-state index in [4.69, 9.17) is 15.2 Å². The van der Waals surface area contributed by atoms with Crippen molar-refractivity contribution in [3.63, 3.8) is 0 Å². The molecule has 2 aromatic rings. The Morgan fingerprint density at radius 2 is 2.00 bits per heavy atom. The summed E-state index contributed by atoms with van der Waals surface area (Å²) in [5.74, 6) is 1.22. The standard InChI is InChI=1S/C17H21N3O3S/c1-17(2,3)14(18)15(21)20-16-19-11(9-24-16)10-4-5-12-13(8-10)23-7-6-22-12/h4-5,8-9,14H,6-7,18H2,1-3H3,(H,19,20,21)/t14-/m1/s1. The largest absolute Gasteiger partial charge is 0.486 e. The number of nitrogens with two attached hydrogens (primary N) is 1. The highest BCUT2D eigenvalue weighted by Crippen LogP contribution is 2.35. The molecule has 0 saturated carbocycles. The Morgan fingerprint density at radius 1 is 1.29 bits per heavy atom. The molecule has 24 heavy (non-hydrogen) atoms. The van der Waals surface area contributed by atoms with Crippen LogP contribution in [0.25, 0.3) is 11.3 Å². The molecule has 1 aliphatic heterocycles. The number of amides is 1. The van der Waals surface area contributed by atoms with Gasteiger partial charge in [0, 0.05) is 10.9 Å². The van der Waals surface area contributed by atoms with E-state index in [-0.39, 0.29) is 11.3 Å². The van der Waals surface area contributed by atoms with Gasteiger partial charge in [-0.05, 0) is 23.6 Å². The SMILES string of the molecule is CC(C)(C)[C@H](N)C(=O)Nc1nc(-c2ccc3c(c2)OCCO3)cs1. The minimum Gasteiger partial charge on any atom is -0.486 e. The first-order chi connectivity index (χ1) is 11.3. The van der Waals surface area contributed by atoms with Crippen molar-refractivity contribution in [1.82, 2.24) is 4.98 Å². The van der Waals surface area contributed by atoms with Gasteiger partial charge in [-0.15, -0.1) is 11.3 Å². The number of nitrogens with one attached hydrogen (secondary N) is 1. The summed E-state index contributed by atoms with van der Waals surface area (Å²) in [4.78, 5) is 16.7. The molecule has 0 saturated heterocycles. The van der Waals surface area contributed by atoms with Crippen LogP contribution in [0, 0.1) is 5.41 Å². The average Bonchev–Trinajstić information content (AvgIpc) is 3.01. The summed E-state index contributed by atoms with van der Waals surface area (Å²) in [6, 6.07) is 5.10. The zero-order chi connectivity index (χ0) is 17.3. The van der Waals surface area contributed by atoms with Crippen molar-refractivity contribution in [2.45, 2.75) is 26.8 Å². The molecule has 3 N–H and O–H groups in total. The van der Waals surface area contributed by atoms with Crippen molar-refractivity contribution in [2.24, 2.45) is 11.1 Å². The van der Waals surface area contributed by atoms with Crippen molar-refractivity contribution in [1.29, 1.82) is 0 Å². The number of thiazole rings is 1. The van der Waals surface area contributed by atoms with Gasteiger partial charge in [-0.1, -0.05) is 20.8 Å². The molecule has 0 aliphatic carbocycles. The molecule has 128 valence electrons. The van der Waals surface area contributed by atoms with Gasteiger partial charge in [0.2, 0.25) is 5.91 Å². The summed E-state index contributed by atoms with van der Waals surface area (Å²) in [5.41, 5.74) is 7.35. The maximum atomic E-state index is 12.2. The molecule has 0 fully saturated rings. The number of hydrogen-bond acceptors (Lipinski definition) is 6. The Kier molecular flexibility index (Phi) is 4.47. The van der Waals surface area contributed by atoms with Gasteiger partial charge in [0.05, 0.1) is 11.7 Å². The average molecular weight is 347 g/mol. The number of fused-ring (bicyclic) bond motifs is 1. The van der Waals surface area contributed by atoms with Crippen LogP contribution in [0.4, 0.5) is 5.13 Å². The van der Waals surface area contributed by atoms with Gasteiger partial charge in [0.25, 0.3) is 0 Å². The molecule has 0 unspecified atom stereocenters. The summed E-state index contributed by atoms with van der Waals surface area (Å²) in [5, 5.41) is 5.21. The van der Waals surface area contributed by atoms with E-state index < -0.39 is 6.04 Å². The normalized spacial score (nSPS) is 15.0. The van der Waals surface area contributed by atoms with Crippen LogP contribution < -0.4 is 20.5 Å². The highest BCUT2D eigenvalue weighted by atomic mass is 32.1. The number of hydrogen-bond donors (Lipinski definition) is 2. The lowest BCUT2D eigenvalue weighted by Gasteiger charge is -2.25. The van der Waals surface area contributed by atoms with Crippen LogP contribution in [0.1, 0.15) is 20.8 Å². The van der Waals surface area contributed by atoms with Gasteiger partial charge in [0.15, 0.2) is 16.6 Å². The number of nitrogens with zero attached hydrogens (tertiary/aromatic N) is 1. The van der Waals surface area contributed by atoms with Crippen molar-refractivity contribution >= 4 is 22.4 Å². The second kappa shape index (κ2) is 6.41. The van der Waals surface area contributed by atoms with Crippen LogP contribution in [0.2, 0.25) is 0 Å². The quantitative estimate of drug-likeness (QED) is 0.891. The first-order valence-electron chi connectivity index (χ1n) is 7.76. The van der Waals surface area contributed by atoms with E-state index in [2.05, 4.69) is 10.3 Å². The molecule has 0 spiro atoms. The minimum atomic E-state index is -0.598. The molecule has 1 aromatic heterocycles.